The zero-order valence-corrected chi connectivity index (χ0v) is 15.3. The minimum absolute atomic E-state index is 0.0973. The van der Waals surface area contributed by atoms with E-state index in [9.17, 15) is 22.8 Å². The number of alkyl halides is 3. The first-order valence-corrected chi connectivity index (χ1v) is 8.52. The third-order valence-electron chi connectivity index (χ3n) is 4.06. The molecule has 0 atom stereocenters. The summed E-state index contributed by atoms with van der Waals surface area (Å²) in [5.41, 5.74) is -0.590. The van der Waals surface area contributed by atoms with Gasteiger partial charge in [-0.3, -0.25) is 9.59 Å². The number of hydrogen-bond acceptors (Lipinski definition) is 4. The minimum Gasteiger partial charge on any atom is -0.383 e. The normalized spacial score (nSPS) is 11.4. The van der Waals surface area contributed by atoms with E-state index in [4.69, 9.17) is 4.74 Å². The van der Waals surface area contributed by atoms with Crippen LogP contribution < -0.4 is 10.9 Å². The molecule has 0 aliphatic rings. The van der Waals surface area contributed by atoms with Gasteiger partial charge in [-0.05, 0) is 30.3 Å². The van der Waals surface area contributed by atoms with Crippen molar-refractivity contribution in [3.63, 3.8) is 0 Å². The van der Waals surface area contributed by atoms with Crippen LogP contribution >= 0.6 is 0 Å². The number of carbonyl (C=O) groups is 1. The van der Waals surface area contributed by atoms with Crippen molar-refractivity contribution in [1.29, 1.82) is 0 Å². The smallest absolute Gasteiger partial charge is 0.383 e. The van der Waals surface area contributed by atoms with Gasteiger partial charge in [0, 0.05) is 31.5 Å². The van der Waals surface area contributed by atoms with E-state index in [1.165, 1.54) is 54.3 Å². The fourth-order valence-corrected chi connectivity index (χ4v) is 2.68. The first-order valence-electron chi connectivity index (χ1n) is 8.52. The number of halogens is 3. The van der Waals surface area contributed by atoms with E-state index >= 15 is 0 Å². The van der Waals surface area contributed by atoms with Crippen LogP contribution in [0.1, 0.15) is 16.1 Å². The van der Waals surface area contributed by atoms with E-state index in [1.807, 2.05) is 0 Å². The molecular weight excluding hydrogens is 389 g/mol. The topological polar surface area (TPSA) is 78.2 Å². The van der Waals surface area contributed by atoms with E-state index in [-0.39, 0.29) is 16.8 Å². The fourth-order valence-electron chi connectivity index (χ4n) is 2.68. The second-order valence-electron chi connectivity index (χ2n) is 6.07. The number of methoxy groups -OCH3 is 1. The van der Waals surface area contributed by atoms with Crippen molar-refractivity contribution in [2.45, 2.75) is 12.7 Å². The van der Waals surface area contributed by atoms with Crippen LogP contribution in [0.2, 0.25) is 0 Å². The molecule has 10 heteroatoms. The molecule has 1 N–H and O–H groups in total. The van der Waals surface area contributed by atoms with Crippen LogP contribution in [-0.4, -0.2) is 34.0 Å². The summed E-state index contributed by atoms with van der Waals surface area (Å²) in [5, 5.41) is 6.33. The molecule has 0 radical (unpaired) electrons. The van der Waals surface area contributed by atoms with Gasteiger partial charge in [-0.15, -0.1) is 0 Å². The molecule has 0 unspecified atom stereocenters. The largest absolute Gasteiger partial charge is 0.433 e. The van der Waals surface area contributed by atoms with Gasteiger partial charge in [0.1, 0.15) is 5.69 Å². The number of anilines is 1. The molecular formula is C19H17F3N4O3. The summed E-state index contributed by atoms with van der Waals surface area (Å²) in [6.45, 7) is 0.638. The van der Waals surface area contributed by atoms with Crippen LogP contribution in [0.15, 0.2) is 59.7 Å². The average Bonchev–Trinajstić information content (AvgIpc) is 3.19. The Kier molecular flexibility index (Phi) is 5.83. The van der Waals surface area contributed by atoms with Gasteiger partial charge in [0.25, 0.3) is 11.5 Å². The van der Waals surface area contributed by atoms with Crippen molar-refractivity contribution in [3.05, 3.63) is 76.5 Å². The van der Waals surface area contributed by atoms with Crippen LogP contribution in [0, 0.1) is 0 Å². The van der Waals surface area contributed by atoms with Gasteiger partial charge in [-0.25, -0.2) is 4.68 Å². The van der Waals surface area contributed by atoms with Crippen LogP contribution in [0.5, 0.6) is 0 Å². The van der Waals surface area contributed by atoms with E-state index in [0.29, 0.717) is 18.8 Å². The van der Waals surface area contributed by atoms with E-state index < -0.39 is 17.8 Å². The molecule has 1 aromatic carbocycles. The van der Waals surface area contributed by atoms with Gasteiger partial charge in [-0.1, -0.05) is 6.07 Å². The van der Waals surface area contributed by atoms with Crippen molar-refractivity contribution < 1.29 is 22.7 Å². The molecule has 0 bridgehead atoms. The van der Waals surface area contributed by atoms with Crippen molar-refractivity contribution in [2.75, 3.05) is 19.0 Å². The monoisotopic (exact) mass is 406 g/mol. The van der Waals surface area contributed by atoms with Crippen molar-refractivity contribution >= 4 is 11.6 Å². The Hall–Kier alpha value is -3.40. The van der Waals surface area contributed by atoms with Gasteiger partial charge in [0.05, 0.1) is 24.2 Å². The molecule has 0 spiro atoms. The Morgan fingerprint density at radius 1 is 1.21 bits per heavy atom. The lowest BCUT2D eigenvalue weighted by atomic mass is 10.2. The highest BCUT2D eigenvalue weighted by Gasteiger charge is 2.35. The Balaban J connectivity index is 1.84. The van der Waals surface area contributed by atoms with Crippen LogP contribution in [0.25, 0.3) is 5.69 Å². The third kappa shape index (κ3) is 4.72. The number of nitrogens with zero attached hydrogens (tertiary/aromatic N) is 3. The average molecular weight is 406 g/mol. The fraction of sp³-hybridized carbons (Fsp3) is 0.211. The standard InChI is InChI=1S/C19H17F3N4O3/c1-29-10-9-25-12-14(5-6-17(25)27)24-18(28)13-3-2-4-15(11-13)26-16(7-8-23-26)19(20,21)22/h2-8,11-12H,9-10H2,1H3,(H,24,28). The molecule has 1 amide bonds. The zero-order valence-electron chi connectivity index (χ0n) is 15.3. The number of nitrogens with one attached hydrogen (secondary N) is 1. The quantitative estimate of drug-likeness (QED) is 0.683. The highest BCUT2D eigenvalue weighted by atomic mass is 19.4. The molecule has 0 saturated carbocycles. The molecule has 0 aliphatic carbocycles. The predicted octanol–water partition coefficient (Wildman–Crippen LogP) is 2.95. The number of hydrogen-bond donors (Lipinski definition) is 1. The summed E-state index contributed by atoms with van der Waals surface area (Å²) in [7, 11) is 1.51. The van der Waals surface area contributed by atoms with Crippen LogP contribution in [0.3, 0.4) is 0 Å². The van der Waals surface area contributed by atoms with Gasteiger partial charge >= 0.3 is 6.18 Å². The van der Waals surface area contributed by atoms with E-state index in [1.54, 1.807) is 0 Å². The van der Waals surface area contributed by atoms with Crippen LogP contribution in [0.4, 0.5) is 18.9 Å². The summed E-state index contributed by atoms with van der Waals surface area (Å²) >= 11 is 0. The number of pyridine rings is 1. The van der Waals surface area contributed by atoms with Crippen molar-refractivity contribution in [2.24, 2.45) is 0 Å². The maximum Gasteiger partial charge on any atom is 0.433 e. The second-order valence-corrected chi connectivity index (χ2v) is 6.07. The number of rotatable bonds is 6. The zero-order chi connectivity index (χ0) is 21.0. The molecule has 0 fully saturated rings. The van der Waals surface area contributed by atoms with E-state index in [0.717, 1.165) is 16.9 Å². The van der Waals surface area contributed by atoms with Gasteiger partial charge in [0.15, 0.2) is 0 Å². The Morgan fingerprint density at radius 2 is 2.00 bits per heavy atom. The number of aromatic nitrogens is 3. The summed E-state index contributed by atoms with van der Waals surface area (Å²) in [5.74, 6) is -0.537. The van der Waals surface area contributed by atoms with E-state index in [2.05, 4.69) is 10.4 Å². The Bertz CT molecular complexity index is 1070. The lowest BCUT2D eigenvalue weighted by molar-refractivity contribution is -0.142. The summed E-state index contributed by atoms with van der Waals surface area (Å²) in [6.07, 6.45) is -2.07. The molecule has 2 heterocycles. The summed E-state index contributed by atoms with van der Waals surface area (Å²) < 4.78 is 46.3. The number of ether oxygens (including phenoxy) is 1. The molecule has 29 heavy (non-hydrogen) atoms. The molecule has 3 rings (SSSR count). The van der Waals surface area contributed by atoms with Gasteiger partial charge in [0.2, 0.25) is 0 Å². The van der Waals surface area contributed by atoms with Crippen molar-refractivity contribution in [3.8, 4) is 5.69 Å². The highest BCUT2D eigenvalue weighted by molar-refractivity contribution is 6.04. The molecule has 7 nitrogen and oxygen atoms in total. The molecule has 0 saturated heterocycles. The second kappa shape index (κ2) is 8.31. The number of carbonyl (C=O) groups excluding carboxylic acids is 1. The molecule has 2 aromatic heterocycles. The van der Waals surface area contributed by atoms with Crippen LogP contribution in [-0.2, 0) is 17.5 Å². The Morgan fingerprint density at radius 3 is 2.72 bits per heavy atom. The number of benzene rings is 1. The molecule has 152 valence electrons. The SMILES string of the molecule is COCCn1cc(NC(=O)c2cccc(-n3nccc3C(F)(F)F)c2)ccc1=O. The molecule has 3 aromatic rings. The first-order chi connectivity index (χ1) is 13.8. The maximum absolute atomic E-state index is 13.1. The molecule has 0 aliphatic heterocycles. The summed E-state index contributed by atoms with van der Waals surface area (Å²) in [4.78, 5) is 24.4. The summed E-state index contributed by atoms with van der Waals surface area (Å²) in [6, 6.07) is 9.27. The lowest BCUT2D eigenvalue weighted by Gasteiger charge is -2.12. The number of amides is 1. The third-order valence-corrected chi connectivity index (χ3v) is 4.06. The first kappa shape index (κ1) is 20.3. The van der Waals surface area contributed by atoms with Crippen molar-refractivity contribution in [1.82, 2.24) is 14.3 Å². The maximum atomic E-state index is 13.1. The lowest BCUT2D eigenvalue weighted by Crippen LogP contribution is -2.22. The highest BCUT2D eigenvalue weighted by Crippen LogP contribution is 2.30. The van der Waals surface area contributed by atoms with Gasteiger partial charge < -0.3 is 14.6 Å². The predicted molar refractivity (Wildman–Crippen MR) is 99.1 cm³/mol. The minimum atomic E-state index is -4.58. The Labute approximate surface area is 163 Å². The van der Waals surface area contributed by atoms with Gasteiger partial charge in [-0.2, -0.15) is 18.3 Å².